The number of nitrogens with zero attached hydrogens (tertiary/aromatic N) is 4. The average molecular weight is 552 g/mol. The van der Waals surface area contributed by atoms with E-state index in [1.165, 1.54) is 11.1 Å². The van der Waals surface area contributed by atoms with Crippen molar-refractivity contribution in [3.05, 3.63) is 137 Å². The van der Waals surface area contributed by atoms with Crippen molar-refractivity contribution in [3.63, 3.8) is 0 Å². The summed E-state index contributed by atoms with van der Waals surface area (Å²) in [6.45, 7) is 3.58. The second kappa shape index (κ2) is 11.6. The van der Waals surface area contributed by atoms with Crippen LogP contribution in [0.5, 0.6) is 0 Å². The van der Waals surface area contributed by atoms with Crippen molar-refractivity contribution in [3.8, 4) is 22.5 Å². The Hall–Kier alpha value is -3.70. The molecule has 6 rings (SSSR count). The summed E-state index contributed by atoms with van der Waals surface area (Å²) < 4.78 is 0. The molecule has 0 aliphatic carbocycles. The van der Waals surface area contributed by atoms with Gasteiger partial charge in [-0.05, 0) is 35.4 Å². The van der Waals surface area contributed by atoms with E-state index in [-0.39, 0.29) is 6.04 Å². The zero-order valence-electron chi connectivity index (χ0n) is 21.4. The third-order valence-corrected chi connectivity index (χ3v) is 7.73. The van der Waals surface area contributed by atoms with Crippen molar-refractivity contribution in [2.45, 2.75) is 6.04 Å². The summed E-state index contributed by atoms with van der Waals surface area (Å²) >= 11 is 12.3. The van der Waals surface area contributed by atoms with E-state index < -0.39 is 0 Å². The number of benzene rings is 4. The molecule has 0 bridgehead atoms. The number of hydrogen-bond acceptors (Lipinski definition) is 4. The topological polar surface area (TPSA) is 32.3 Å². The third-order valence-electron chi connectivity index (χ3n) is 7.23. The highest BCUT2D eigenvalue weighted by Crippen LogP contribution is 2.34. The van der Waals surface area contributed by atoms with Gasteiger partial charge in [-0.25, -0.2) is 4.98 Å². The molecule has 1 aliphatic rings. The molecule has 4 nitrogen and oxygen atoms in total. The first-order valence-corrected chi connectivity index (χ1v) is 13.9. The van der Waals surface area contributed by atoms with Gasteiger partial charge in [0.05, 0.1) is 23.6 Å². The fourth-order valence-corrected chi connectivity index (χ4v) is 5.51. The summed E-state index contributed by atoms with van der Waals surface area (Å²) in [5, 5.41) is 1.39. The lowest BCUT2D eigenvalue weighted by Crippen LogP contribution is -2.48. The van der Waals surface area contributed by atoms with Gasteiger partial charge in [0.25, 0.3) is 0 Å². The van der Waals surface area contributed by atoms with Crippen LogP contribution in [-0.2, 0) is 0 Å². The molecule has 1 aliphatic heterocycles. The second-order valence-electron chi connectivity index (χ2n) is 9.69. The second-order valence-corrected chi connectivity index (χ2v) is 10.6. The minimum Gasteiger partial charge on any atom is -0.353 e. The Bertz CT molecular complexity index is 1480. The van der Waals surface area contributed by atoms with E-state index in [9.17, 15) is 0 Å². The zero-order chi connectivity index (χ0) is 26.6. The molecule has 0 spiro atoms. The van der Waals surface area contributed by atoms with Crippen LogP contribution < -0.4 is 4.90 Å². The van der Waals surface area contributed by atoms with Crippen LogP contribution in [0.15, 0.2) is 115 Å². The third kappa shape index (κ3) is 5.69. The Kier molecular flexibility index (Phi) is 7.60. The minimum atomic E-state index is 0.220. The summed E-state index contributed by atoms with van der Waals surface area (Å²) in [6, 6.07) is 37.3. The Balaban J connectivity index is 1.28. The normalized spacial score (nSPS) is 14.1. The first-order valence-electron chi connectivity index (χ1n) is 13.1. The van der Waals surface area contributed by atoms with Crippen molar-refractivity contribution < 1.29 is 0 Å². The van der Waals surface area contributed by atoms with Gasteiger partial charge in [-0.3, -0.25) is 9.88 Å². The molecule has 0 N–H and O–H groups in total. The maximum atomic E-state index is 6.19. The Morgan fingerprint density at radius 3 is 1.56 bits per heavy atom. The highest BCUT2D eigenvalue weighted by atomic mass is 35.5. The standard InChI is InChI=1S/C33H28Cl2N4/c34-28-15-11-24(12-16-28)31-32(25-13-17-29(35)18-14-25)37-30(23-36-31)38-19-21-39(22-20-38)33(26-7-3-1-4-8-26)27-9-5-2-6-10-27/h1-18,23,33H,19-22H2. The molecule has 39 heavy (non-hydrogen) atoms. The maximum Gasteiger partial charge on any atom is 0.147 e. The minimum absolute atomic E-state index is 0.220. The molecular weight excluding hydrogens is 523 g/mol. The van der Waals surface area contributed by atoms with Gasteiger partial charge in [0.1, 0.15) is 5.82 Å². The smallest absolute Gasteiger partial charge is 0.147 e. The predicted molar refractivity (Wildman–Crippen MR) is 161 cm³/mol. The first kappa shape index (κ1) is 25.6. The van der Waals surface area contributed by atoms with E-state index in [1.807, 2.05) is 54.7 Å². The van der Waals surface area contributed by atoms with Crippen LogP contribution in [0.1, 0.15) is 17.2 Å². The number of halogens is 2. The molecule has 0 atom stereocenters. The molecule has 4 aromatic carbocycles. The lowest BCUT2D eigenvalue weighted by molar-refractivity contribution is 0.212. The Morgan fingerprint density at radius 2 is 1.05 bits per heavy atom. The molecule has 2 heterocycles. The lowest BCUT2D eigenvalue weighted by Gasteiger charge is -2.40. The van der Waals surface area contributed by atoms with Crippen LogP contribution >= 0.6 is 23.2 Å². The molecule has 194 valence electrons. The summed E-state index contributed by atoms with van der Waals surface area (Å²) in [4.78, 5) is 15.0. The monoisotopic (exact) mass is 550 g/mol. The highest BCUT2D eigenvalue weighted by molar-refractivity contribution is 6.31. The number of anilines is 1. The van der Waals surface area contributed by atoms with E-state index in [0.717, 1.165) is 54.5 Å². The quantitative estimate of drug-likeness (QED) is 0.214. The molecule has 1 fully saturated rings. The van der Waals surface area contributed by atoms with Crippen LogP contribution in [0.2, 0.25) is 10.0 Å². The van der Waals surface area contributed by atoms with Crippen molar-refractivity contribution in [2.75, 3.05) is 31.1 Å². The van der Waals surface area contributed by atoms with Crippen molar-refractivity contribution in [1.29, 1.82) is 0 Å². The van der Waals surface area contributed by atoms with Crippen LogP contribution in [0.4, 0.5) is 5.82 Å². The molecule has 0 radical (unpaired) electrons. The number of aromatic nitrogens is 2. The van der Waals surface area contributed by atoms with Gasteiger partial charge < -0.3 is 4.90 Å². The molecule has 5 aromatic rings. The van der Waals surface area contributed by atoms with E-state index >= 15 is 0 Å². The number of piperazine rings is 1. The van der Waals surface area contributed by atoms with Crippen molar-refractivity contribution in [1.82, 2.24) is 14.9 Å². The van der Waals surface area contributed by atoms with Gasteiger partial charge in [-0.15, -0.1) is 0 Å². The maximum absolute atomic E-state index is 6.19. The molecule has 0 amide bonds. The van der Waals surface area contributed by atoms with Gasteiger partial charge in [-0.1, -0.05) is 108 Å². The molecule has 1 saturated heterocycles. The van der Waals surface area contributed by atoms with E-state index in [4.69, 9.17) is 33.2 Å². The number of hydrogen-bond donors (Lipinski definition) is 0. The summed E-state index contributed by atoms with van der Waals surface area (Å²) in [5.41, 5.74) is 6.24. The Labute approximate surface area is 239 Å². The van der Waals surface area contributed by atoms with E-state index in [1.54, 1.807) is 0 Å². The van der Waals surface area contributed by atoms with Crippen LogP contribution in [-0.4, -0.2) is 41.0 Å². The fourth-order valence-electron chi connectivity index (χ4n) is 5.25. The van der Waals surface area contributed by atoms with Crippen LogP contribution in [0.25, 0.3) is 22.5 Å². The lowest BCUT2D eigenvalue weighted by atomic mass is 9.96. The SMILES string of the molecule is Clc1ccc(-c2ncc(N3CCN(C(c4ccccc4)c4ccccc4)CC3)nc2-c2ccc(Cl)cc2)cc1. The summed E-state index contributed by atoms with van der Waals surface area (Å²) in [5.74, 6) is 0.883. The fraction of sp³-hybridized carbons (Fsp3) is 0.152. The highest BCUT2D eigenvalue weighted by Gasteiger charge is 2.27. The van der Waals surface area contributed by atoms with Gasteiger partial charge in [0.2, 0.25) is 0 Å². The van der Waals surface area contributed by atoms with Gasteiger partial charge in [0, 0.05) is 47.4 Å². The summed E-state index contributed by atoms with van der Waals surface area (Å²) in [7, 11) is 0. The molecule has 6 heteroatoms. The summed E-state index contributed by atoms with van der Waals surface area (Å²) in [6.07, 6.45) is 1.89. The zero-order valence-corrected chi connectivity index (χ0v) is 22.9. The van der Waals surface area contributed by atoms with Crippen molar-refractivity contribution in [2.24, 2.45) is 0 Å². The molecule has 1 aromatic heterocycles. The van der Waals surface area contributed by atoms with Crippen molar-refractivity contribution >= 4 is 29.0 Å². The van der Waals surface area contributed by atoms with Gasteiger partial charge >= 0.3 is 0 Å². The van der Waals surface area contributed by atoms with E-state index in [2.05, 4.69) is 70.5 Å². The molecule has 0 saturated carbocycles. The predicted octanol–water partition coefficient (Wildman–Crippen LogP) is 8.03. The molecule has 0 unspecified atom stereocenters. The largest absolute Gasteiger partial charge is 0.353 e. The average Bonchev–Trinajstić information content (AvgIpc) is 2.99. The molecular formula is C33H28Cl2N4. The first-order chi connectivity index (χ1) is 19.2. The van der Waals surface area contributed by atoms with E-state index in [0.29, 0.717) is 10.0 Å². The van der Waals surface area contributed by atoms with Gasteiger partial charge in [0.15, 0.2) is 0 Å². The van der Waals surface area contributed by atoms with Gasteiger partial charge in [-0.2, -0.15) is 0 Å². The Morgan fingerprint density at radius 1 is 0.564 bits per heavy atom. The van der Waals surface area contributed by atoms with Crippen LogP contribution in [0.3, 0.4) is 0 Å². The number of rotatable bonds is 6. The van der Waals surface area contributed by atoms with Crippen LogP contribution in [0, 0.1) is 0 Å².